The maximum absolute atomic E-state index is 12.1. The molecule has 17 heavy (non-hydrogen) atoms. The van der Waals surface area contributed by atoms with Crippen molar-refractivity contribution in [2.45, 2.75) is 47.1 Å². The van der Waals surface area contributed by atoms with E-state index in [1.54, 1.807) is 11.3 Å². The number of aromatic nitrogens is 1. The predicted octanol–water partition coefficient (Wildman–Crippen LogP) is 2.77. The Hall–Kier alpha value is -0.900. The van der Waals surface area contributed by atoms with Gasteiger partial charge in [0.15, 0.2) is 0 Å². The molecule has 0 saturated heterocycles. The first kappa shape index (κ1) is 12.6. The summed E-state index contributed by atoms with van der Waals surface area (Å²) < 4.78 is 0. The maximum Gasteiger partial charge on any atom is 0.223 e. The summed E-state index contributed by atoms with van der Waals surface area (Å²) in [6, 6.07) is 0. The molecular weight excluding hydrogens is 232 g/mol. The van der Waals surface area contributed by atoms with Gasteiger partial charge < -0.3 is 4.90 Å². The average molecular weight is 252 g/mol. The van der Waals surface area contributed by atoms with Crippen molar-refractivity contribution in [3.8, 4) is 0 Å². The summed E-state index contributed by atoms with van der Waals surface area (Å²) in [7, 11) is 0. The van der Waals surface area contributed by atoms with Crippen LogP contribution < -0.4 is 0 Å². The molecule has 1 aromatic rings. The van der Waals surface area contributed by atoms with E-state index in [-0.39, 0.29) is 11.3 Å². The van der Waals surface area contributed by atoms with Crippen LogP contribution in [0.4, 0.5) is 0 Å². The van der Waals surface area contributed by atoms with E-state index < -0.39 is 0 Å². The van der Waals surface area contributed by atoms with Crippen LogP contribution in [0.2, 0.25) is 0 Å². The lowest BCUT2D eigenvalue weighted by atomic mass is 9.91. The number of carbonyl (C=O) groups excluding carboxylic acids is 1. The van der Waals surface area contributed by atoms with Gasteiger partial charge in [0.2, 0.25) is 5.91 Å². The molecule has 1 aromatic heterocycles. The normalized spacial score (nSPS) is 15.9. The number of hydrogen-bond acceptors (Lipinski definition) is 3. The van der Waals surface area contributed by atoms with Gasteiger partial charge >= 0.3 is 0 Å². The molecule has 1 aliphatic heterocycles. The Morgan fingerprint density at radius 3 is 2.82 bits per heavy atom. The summed E-state index contributed by atoms with van der Waals surface area (Å²) in [5.74, 6) is 0.272. The monoisotopic (exact) mass is 252 g/mol. The summed E-state index contributed by atoms with van der Waals surface area (Å²) in [6.45, 7) is 9.94. The van der Waals surface area contributed by atoms with E-state index in [0.29, 0.717) is 6.42 Å². The van der Waals surface area contributed by atoms with Crippen molar-refractivity contribution < 1.29 is 4.79 Å². The molecule has 4 heteroatoms. The molecule has 0 unspecified atom stereocenters. The van der Waals surface area contributed by atoms with Crippen LogP contribution in [-0.4, -0.2) is 22.3 Å². The largest absolute Gasteiger partial charge is 0.337 e. The van der Waals surface area contributed by atoms with Gasteiger partial charge in [0.25, 0.3) is 0 Å². The van der Waals surface area contributed by atoms with E-state index in [1.807, 2.05) is 11.8 Å². The molecule has 0 N–H and O–H groups in total. The van der Waals surface area contributed by atoms with Gasteiger partial charge in [-0.3, -0.25) is 4.79 Å². The second-order valence-electron chi connectivity index (χ2n) is 5.91. The van der Waals surface area contributed by atoms with E-state index in [0.717, 1.165) is 24.5 Å². The zero-order chi connectivity index (χ0) is 12.6. The number of aryl methyl sites for hydroxylation is 1. The Balaban J connectivity index is 2.05. The van der Waals surface area contributed by atoms with Gasteiger partial charge in [-0.05, 0) is 12.3 Å². The van der Waals surface area contributed by atoms with Gasteiger partial charge in [-0.25, -0.2) is 4.98 Å². The number of rotatable bonds is 1. The smallest absolute Gasteiger partial charge is 0.223 e. The molecule has 2 heterocycles. The first-order valence-corrected chi connectivity index (χ1v) is 6.90. The molecule has 0 atom stereocenters. The van der Waals surface area contributed by atoms with Crippen LogP contribution in [0, 0.1) is 12.3 Å². The second-order valence-corrected chi connectivity index (χ2v) is 7.19. The highest BCUT2D eigenvalue weighted by Gasteiger charge is 2.26. The quantitative estimate of drug-likeness (QED) is 0.770. The van der Waals surface area contributed by atoms with Crippen molar-refractivity contribution in [3.63, 3.8) is 0 Å². The molecule has 0 radical (unpaired) electrons. The molecule has 1 aliphatic rings. The van der Waals surface area contributed by atoms with Crippen LogP contribution in [0.3, 0.4) is 0 Å². The van der Waals surface area contributed by atoms with Crippen LogP contribution in [0.5, 0.6) is 0 Å². The minimum absolute atomic E-state index is 0.0704. The lowest BCUT2D eigenvalue weighted by Gasteiger charge is -2.29. The van der Waals surface area contributed by atoms with E-state index in [4.69, 9.17) is 0 Å². The van der Waals surface area contributed by atoms with Gasteiger partial charge in [-0.15, -0.1) is 11.3 Å². The molecule has 0 saturated carbocycles. The third-order valence-corrected chi connectivity index (χ3v) is 3.87. The van der Waals surface area contributed by atoms with Crippen molar-refractivity contribution in [2.75, 3.05) is 6.54 Å². The third kappa shape index (κ3) is 3.06. The SMILES string of the molecule is Cc1nc2c(s1)CN(C(=O)CC(C)(C)C)CC2. The number of thiazole rings is 1. The van der Waals surface area contributed by atoms with E-state index in [9.17, 15) is 4.79 Å². The van der Waals surface area contributed by atoms with Crippen molar-refractivity contribution in [3.05, 3.63) is 15.6 Å². The number of carbonyl (C=O) groups is 1. The van der Waals surface area contributed by atoms with Gasteiger partial charge in [0.1, 0.15) is 0 Å². The summed E-state index contributed by atoms with van der Waals surface area (Å²) in [5.41, 5.74) is 1.27. The Kier molecular flexibility index (Phi) is 3.25. The molecule has 1 amide bonds. The number of fused-ring (bicyclic) bond motifs is 1. The maximum atomic E-state index is 12.1. The summed E-state index contributed by atoms with van der Waals surface area (Å²) in [6.07, 6.45) is 1.54. The van der Waals surface area contributed by atoms with Gasteiger partial charge in [0.05, 0.1) is 17.2 Å². The molecule has 2 rings (SSSR count). The minimum Gasteiger partial charge on any atom is -0.337 e. The van der Waals surface area contributed by atoms with E-state index in [2.05, 4.69) is 25.8 Å². The summed E-state index contributed by atoms with van der Waals surface area (Å²) in [4.78, 5) is 19.9. The zero-order valence-corrected chi connectivity index (χ0v) is 11.9. The molecule has 94 valence electrons. The van der Waals surface area contributed by atoms with Crippen molar-refractivity contribution in [1.82, 2.24) is 9.88 Å². The lowest BCUT2D eigenvalue weighted by Crippen LogP contribution is -2.37. The summed E-state index contributed by atoms with van der Waals surface area (Å²) >= 11 is 1.72. The standard InChI is InChI=1S/C13H20N2OS/c1-9-14-10-5-6-15(8-11(10)17-9)12(16)7-13(2,3)4/h5-8H2,1-4H3. The van der Waals surface area contributed by atoms with Crippen LogP contribution in [-0.2, 0) is 17.8 Å². The van der Waals surface area contributed by atoms with Gasteiger partial charge in [0, 0.05) is 24.3 Å². The number of hydrogen-bond donors (Lipinski definition) is 0. The highest BCUT2D eigenvalue weighted by molar-refractivity contribution is 7.11. The third-order valence-electron chi connectivity index (χ3n) is 2.87. The Bertz CT molecular complexity index is 431. The number of amides is 1. The zero-order valence-electron chi connectivity index (χ0n) is 11.0. The minimum atomic E-state index is 0.0704. The lowest BCUT2D eigenvalue weighted by molar-refractivity contribution is -0.133. The van der Waals surface area contributed by atoms with Crippen LogP contribution >= 0.6 is 11.3 Å². The highest BCUT2D eigenvalue weighted by Crippen LogP contribution is 2.27. The van der Waals surface area contributed by atoms with E-state index >= 15 is 0 Å². The van der Waals surface area contributed by atoms with Crippen molar-refractivity contribution in [1.29, 1.82) is 0 Å². The fourth-order valence-corrected chi connectivity index (χ4v) is 3.10. The molecule has 0 bridgehead atoms. The fourth-order valence-electron chi connectivity index (χ4n) is 2.10. The van der Waals surface area contributed by atoms with Crippen LogP contribution in [0.25, 0.3) is 0 Å². The summed E-state index contributed by atoms with van der Waals surface area (Å²) in [5, 5.41) is 1.11. The Morgan fingerprint density at radius 1 is 1.47 bits per heavy atom. The molecule has 0 aliphatic carbocycles. The van der Waals surface area contributed by atoms with Crippen molar-refractivity contribution in [2.24, 2.45) is 5.41 Å². The van der Waals surface area contributed by atoms with E-state index in [1.165, 1.54) is 10.6 Å². The van der Waals surface area contributed by atoms with Gasteiger partial charge in [-0.2, -0.15) is 0 Å². The Labute approximate surface area is 107 Å². The molecule has 3 nitrogen and oxygen atoms in total. The first-order valence-electron chi connectivity index (χ1n) is 6.08. The van der Waals surface area contributed by atoms with Crippen LogP contribution in [0.1, 0.15) is 42.8 Å². The van der Waals surface area contributed by atoms with Crippen molar-refractivity contribution >= 4 is 17.2 Å². The average Bonchev–Trinajstić information content (AvgIpc) is 2.53. The van der Waals surface area contributed by atoms with Crippen LogP contribution in [0.15, 0.2) is 0 Å². The van der Waals surface area contributed by atoms with Gasteiger partial charge in [-0.1, -0.05) is 20.8 Å². The molecule has 0 aromatic carbocycles. The second kappa shape index (κ2) is 4.41. The fraction of sp³-hybridized carbons (Fsp3) is 0.692. The molecule has 0 spiro atoms. The first-order chi connectivity index (χ1) is 7.85. The highest BCUT2D eigenvalue weighted by atomic mass is 32.1. The Morgan fingerprint density at radius 2 is 2.18 bits per heavy atom. The molecule has 0 fully saturated rings. The topological polar surface area (TPSA) is 33.2 Å². The number of nitrogens with zero attached hydrogens (tertiary/aromatic N) is 2. The predicted molar refractivity (Wildman–Crippen MR) is 70.0 cm³/mol. The molecular formula is C13H20N2OS.